The SMILES string of the molecule is CCC(CCN)C(=O)N(CC)c1ccccc1. The Hall–Kier alpha value is -1.35. The molecule has 1 rings (SSSR count). The molecule has 3 heteroatoms. The Morgan fingerprint density at radius 2 is 1.94 bits per heavy atom. The summed E-state index contributed by atoms with van der Waals surface area (Å²) in [6.45, 7) is 5.30. The van der Waals surface area contributed by atoms with Crippen LogP contribution in [0.1, 0.15) is 26.7 Å². The van der Waals surface area contributed by atoms with Crippen molar-refractivity contribution in [3.05, 3.63) is 30.3 Å². The summed E-state index contributed by atoms with van der Waals surface area (Å²) in [4.78, 5) is 14.2. The molecule has 0 saturated heterocycles. The standard InChI is InChI=1S/C14H22N2O/c1-3-12(10-11-15)14(17)16(4-2)13-8-6-5-7-9-13/h5-9,12H,3-4,10-11,15H2,1-2H3. The zero-order valence-corrected chi connectivity index (χ0v) is 10.7. The van der Waals surface area contributed by atoms with E-state index in [0.29, 0.717) is 13.1 Å². The lowest BCUT2D eigenvalue weighted by Gasteiger charge is -2.25. The Morgan fingerprint density at radius 1 is 1.29 bits per heavy atom. The Labute approximate surface area is 104 Å². The van der Waals surface area contributed by atoms with Crippen LogP contribution in [0.3, 0.4) is 0 Å². The highest BCUT2D eigenvalue weighted by molar-refractivity contribution is 5.94. The minimum atomic E-state index is 0.0418. The molecule has 17 heavy (non-hydrogen) atoms. The molecule has 94 valence electrons. The van der Waals surface area contributed by atoms with Crippen molar-refractivity contribution in [1.82, 2.24) is 0 Å². The second-order valence-electron chi connectivity index (χ2n) is 4.10. The van der Waals surface area contributed by atoms with Crippen LogP contribution in [0.4, 0.5) is 5.69 Å². The topological polar surface area (TPSA) is 46.3 Å². The van der Waals surface area contributed by atoms with Crippen LogP contribution in [0.25, 0.3) is 0 Å². The molecule has 1 amide bonds. The van der Waals surface area contributed by atoms with Crippen LogP contribution >= 0.6 is 0 Å². The molecular weight excluding hydrogens is 212 g/mol. The van der Waals surface area contributed by atoms with E-state index in [2.05, 4.69) is 0 Å². The van der Waals surface area contributed by atoms with E-state index in [4.69, 9.17) is 5.73 Å². The van der Waals surface area contributed by atoms with Crippen LogP contribution in [0.15, 0.2) is 30.3 Å². The minimum absolute atomic E-state index is 0.0418. The first-order valence-electron chi connectivity index (χ1n) is 6.31. The van der Waals surface area contributed by atoms with Crippen molar-refractivity contribution in [2.45, 2.75) is 26.7 Å². The van der Waals surface area contributed by atoms with Crippen molar-refractivity contribution in [3.8, 4) is 0 Å². The van der Waals surface area contributed by atoms with E-state index in [-0.39, 0.29) is 11.8 Å². The molecule has 1 aromatic rings. The van der Waals surface area contributed by atoms with Gasteiger partial charge in [0.2, 0.25) is 5.91 Å². The highest BCUT2D eigenvalue weighted by Crippen LogP contribution is 2.19. The molecule has 0 aliphatic rings. The summed E-state index contributed by atoms with van der Waals surface area (Å²) in [5.41, 5.74) is 6.52. The Kier molecular flexibility index (Phi) is 5.70. The quantitative estimate of drug-likeness (QED) is 0.821. The molecule has 3 nitrogen and oxygen atoms in total. The number of nitrogens with two attached hydrogens (primary N) is 1. The summed E-state index contributed by atoms with van der Waals surface area (Å²) < 4.78 is 0. The molecule has 0 spiro atoms. The average molecular weight is 234 g/mol. The number of amides is 1. The summed E-state index contributed by atoms with van der Waals surface area (Å²) >= 11 is 0. The maximum atomic E-state index is 12.4. The largest absolute Gasteiger partial charge is 0.330 e. The van der Waals surface area contributed by atoms with Crippen molar-refractivity contribution in [2.24, 2.45) is 11.7 Å². The number of anilines is 1. The van der Waals surface area contributed by atoms with Crippen molar-refractivity contribution in [2.75, 3.05) is 18.0 Å². The van der Waals surface area contributed by atoms with E-state index >= 15 is 0 Å². The number of hydrogen-bond donors (Lipinski definition) is 1. The van der Waals surface area contributed by atoms with Gasteiger partial charge in [-0.1, -0.05) is 25.1 Å². The third-order valence-corrected chi connectivity index (χ3v) is 3.01. The number of nitrogens with zero attached hydrogens (tertiary/aromatic N) is 1. The fourth-order valence-electron chi connectivity index (χ4n) is 2.00. The van der Waals surface area contributed by atoms with Gasteiger partial charge in [-0.25, -0.2) is 0 Å². The molecule has 0 aromatic heterocycles. The third kappa shape index (κ3) is 3.56. The fraction of sp³-hybridized carbons (Fsp3) is 0.500. The highest BCUT2D eigenvalue weighted by Gasteiger charge is 2.22. The van der Waals surface area contributed by atoms with Gasteiger partial charge >= 0.3 is 0 Å². The summed E-state index contributed by atoms with van der Waals surface area (Å²) in [5.74, 6) is 0.229. The number of benzene rings is 1. The fourth-order valence-corrected chi connectivity index (χ4v) is 2.00. The lowest BCUT2D eigenvalue weighted by atomic mass is 10.0. The van der Waals surface area contributed by atoms with Gasteiger partial charge in [-0.05, 0) is 38.4 Å². The third-order valence-electron chi connectivity index (χ3n) is 3.01. The van der Waals surface area contributed by atoms with E-state index in [0.717, 1.165) is 18.5 Å². The number of carbonyl (C=O) groups is 1. The average Bonchev–Trinajstić information content (AvgIpc) is 2.38. The Balaban J connectivity index is 2.83. The Bertz CT molecular complexity index is 337. The highest BCUT2D eigenvalue weighted by atomic mass is 16.2. The van der Waals surface area contributed by atoms with Crippen molar-refractivity contribution < 1.29 is 4.79 Å². The Morgan fingerprint density at radius 3 is 2.41 bits per heavy atom. The smallest absolute Gasteiger partial charge is 0.230 e. The number of hydrogen-bond acceptors (Lipinski definition) is 2. The molecule has 0 saturated carbocycles. The molecular formula is C14H22N2O. The first-order chi connectivity index (χ1) is 8.24. The number of carbonyl (C=O) groups excluding carboxylic acids is 1. The molecule has 1 atom stereocenters. The number of para-hydroxylation sites is 1. The van der Waals surface area contributed by atoms with Gasteiger partial charge in [0.05, 0.1) is 0 Å². The summed E-state index contributed by atoms with van der Waals surface area (Å²) in [6, 6.07) is 9.80. The van der Waals surface area contributed by atoms with Gasteiger partial charge in [-0.3, -0.25) is 4.79 Å². The van der Waals surface area contributed by atoms with Crippen molar-refractivity contribution >= 4 is 11.6 Å². The van der Waals surface area contributed by atoms with E-state index < -0.39 is 0 Å². The molecule has 1 unspecified atom stereocenters. The molecule has 0 aliphatic heterocycles. The maximum Gasteiger partial charge on any atom is 0.230 e. The van der Waals surface area contributed by atoms with Gasteiger partial charge in [0.15, 0.2) is 0 Å². The van der Waals surface area contributed by atoms with Gasteiger partial charge in [0.25, 0.3) is 0 Å². The molecule has 0 aliphatic carbocycles. The zero-order valence-electron chi connectivity index (χ0n) is 10.7. The van der Waals surface area contributed by atoms with E-state index in [1.807, 2.05) is 49.1 Å². The normalized spacial score (nSPS) is 12.2. The molecule has 0 heterocycles. The summed E-state index contributed by atoms with van der Waals surface area (Å²) in [6.07, 6.45) is 1.61. The molecule has 2 N–H and O–H groups in total. The molecule has 0 fully saturated rings. The maximum absolute atomic E-state index is 12.4. The van der Waals surface area contributed by atoms with Crippen LogP contribution in [0, 0.1) is 5.92 Å². The van der Waals surface area contributed by atoms with Crippen LogP contribution in [-0.2, 0) is 4.79 Å². The van der Waals surface area contributed by atoms with Gasteiger partial charge in [0, 0.05) is 18.2 Å². The van der Waals surface area contributed by atoms with Crippen molar-refractivity contribution in [3.63, 3.8) is 0 Å². The summed E-state index contributed by atoms with van der Waals surface area (Å²) in [5, 5.41) is 0. The van der Waals surface area contributed by atoms with Crippen LogP contribution in [-0.4, -0.2) is 19.0 Å². The van der Waals surface area contributed by atoms with E-state index in [9.17, 15) is 4.79 Å². The predicted molar refractivity (Wildman–Crippen MR) is 71.9 cm³/mol. The van der Waals surface area contributed by atoms with Gasteiger partial charge in [-0.15, -0.1) is 0 Å². The van der Waals surface area contributed by atoms with E-state index in [1.165, 1.54) is 0 Å². The van der Waals surface area contributed by atoms with Gasteiger partial charge in [0.1, 0.15) is 0 Å². The minimum Gasteiger partial charge on any atom is -0.330 e. The van der Waals surface area contributed by atoms with E-state index in [1.54, 1.807) is 0 Å². The molecule has 1 aromatic carbocycles. The van der Waals surface area contributed by atoms with Gasteiger partial charge in [-0.2, -0.15) is 0 Å². The zero-order chi connectivity index (χ0) is 12.7. The lowest BCUT2D eigenvalue weighted by Crippen LogP contribution is -2.36. The second kappa shape index (κ2) is 7.07. The molecule has 0 bridgehead atoms. The lowest BCUT2D eigenvalue weighted by molar-refractivity contribution is -0.122. The van der Waals surface area contributed by atoms with Crippen LogP contribution in [0.5, 0.6) is 0 Å². The first kappa shape index (κ1) is 13.7. The van der Waals surface area contributed by atoms with Gasteiger partial charge < -0.3 is 10.6 Å². The molecule has 0 radical (unpaired) electrons. The first-order valence-corrected chi connectivity index (χ1v) is 6.31. The number of rotatable bonds is 6. The second-order valence-corrected chi connectivity index (χ2v) is 4.10. The monoisotopic (exact) mass is 234 g/mol. The van der Waals surface area contributed by atoms with Crippen molar-refractivity contribution in [1.29, 1.82) is 0 Å². The summed E-state index contributed by atoms with van der Waals surface area (Å²) in [7, 11) is 0. The predicted octanol–water partition coefficient (Wildman–Crippen LogP) is 2.41. The van der Waals surface area contributed by atoms with Crippen LogP contribution in [0.2, 0.25) is 0 Å². The van der Waals surface area contributed by atoms with Crippen LogP contribution < -0.4 is 10.6 Å².